The molecule has 1 heterocycles. The smallest absolute Gasteiger partial charge is 0.254 e. The van der Waals surface area contributed by atoms with Gasteiger partial charge in [0.15, 0.2) is 0 Å². The standard InChI is InChI=1S/C15H22N2O/c1-3-4-11(2)10-17-8-7-12-5-6-13(16)9-14(12)15(17)18/h5-6,9,11H,3-4,7-8,10,16H2,1-2H3. The summed E-state index contributed by atoms with van der Waals surface area (Å²) in [6, 6.07) is 5.67. The number of amides is 1. The molecule has 0 bridgehead atoms. The number of carbonyl (C=O) groups is 1. The highest BCUT2D eigenvalue weighted by Crippen LogP contribution is 2.22. The molecule has 1 aromatic carbocycles. The van der Waals surface area contributed by atoms with E-state index >= 15 is 0 Å². The average Bonchev–Trinajstić information content (AvgIpc) is 2.34. The van der Waals surface area contributed by atoms with Crippen molar-refractivity contribution < 1.29 is 4.79 Å². The average molecular weight is 246 g/mol. The fourth-order valence-corrected chi connectivity index (χ4v) is 2.67. The SMILES string of the molecule is CCCC(C)CN1CCc2ccc(N)cc2C1=O. The zero-order valence-corrected chi connectivity index (χ0v) is 11.3. The lowest BCUT2D eigenvalue weighted by Gasteiger charge is -2.30. The van der Waals surface area contributed by atoms with E-state index in [-0.39, 0.29) is 5.91 Å². The molecule has 1 aromatic rings. The summed E-state index contributed by atoms with van der Waals surface area (Å²) in [6.45, 7) is 6.10. The van der Waals surface area contributed by atoms with Crippen molar-refractivity contribution in [3.05, 3.63) is 29.3 Å². The highest BCUT2D eigenvalue weighted by molar-refractivity contribution is 5.97. The van der Waals surface area contributed by atoms with Crippen LogP contribution in [0.4, 0.5) is 5.69 Å². The first-order valence-corrected chi connectivity index (χ1v) is 6.79. The minimum atomic E-state index is 0.145. The molecule has 3 nitrogen and oxygen atoms in total. The molecule has 1 aliphatic heterocycles. The van der Waals surface area contributed by atoms with Gasteiger partial charge in [0.05, 0.1) is 0 Å². The molecule has 0 radical (unpaired) electrons. The summed E-state index contributed by atoms with van der Waals surface area (Å²) in [6.07, 6.45) is 3.29. The maximum Gasteiger partial charge on any atom is 0.254 e. The van der Waals surface area contributed by atoms with Gasteiger partial charge in [0.1, 0.15) is 0 Å². The van der Waals surface area contributed by atoms with Crippen molar-refractivity contribution in [2.75, 3.05) is 18.8 Å². The zero-order chi connectivity index (χ0) is 13.1. The molecule has 1 amide bonds. The van der Waals surface area contributed by atoms with Gasteiger partial charge in [0.25, 0.3) is 5.91 Å². The van der Waals surface area contributed by atoms with E-state index in [0.717, 1.165) is 30.6 Å². The Morgan fingerprint density at radius 2 is 2.22 bits per heavy atom. The fourth-order valence-electron chi connectivity index (χ4n) is 2.67. The van der Waals surface area contributed by atoms with Crippen LogP contribution in [-0.2, 0) is 6.42 Å². The molecule has 2 N–H and O–H groups in total. The van der Waals surface area contributed by atoms with Gasteiger partial charge in [0.2, 0.25) is 0 Å². The molecule has 2 rings (SSSR count). The van der Waals surface area contributed by atoms with E-state index in [4.69, 9.17) is 5.73 Å². The first-order chi connectivity index (χ1) is 8.61. The third-order valence-corrected chi connectivity index (χ3v) is 3.62. The number of anilines is 1. The van der Waals surface area contributed by atoms with Crippen LogP contribution < -0.4 is 5.73 Å². The van der Waals surface area contributed by atoms with Crippen LogP contribution in [0.1, 0.15) is 42.6 Å². The van der Waals surface area contributed by atoms with Gasteiger partial charge in [-0.1, -0.05) is 26.3 Å². The van der Waals surface area contributed by atoms with Crippen molar-refractivity contribution in [1.29, 1.82) is 0 Å². The molecule has 0 fully saturated rings. The minimum absolute atomic E-state index is 0.145. The van der Waals surface area contributed by atoms with Crippen molar-refractivity contribution in [3.63, 3.8) is 0 Å². The molecule has 0 saturated carbocycles. The van der Waals surface area contributed by atoms with E-state index in [1.54, 1.807) is 0 Å². The second-order valence-electron chi connectivity index (χ2n) is 5.31. The number of hydrogen-bond acceptors (Lipinski definition) is 2. The van der Waals surface area contributed by atoms with Crippen molar-refractivity contribution in [2.24, 2.45) is 5.92 Å². The molecular formula is C15H22N2O. The molecular weight excluding hydrogens is 224 g/mol. The maximum absolute atomic E-state index is 12.4. The van der Waals surface area contributed by atoms with Crippen LogP contribution in [0.25, 0.3) is 0 Å². The summed E-state index contributed by atoms with van der Waals surface area (Å²) >= 11 is 0. The van der Waals surface area contributed by atoms with Gasteiger partial charge in [-0.3, -0.25) is 4.79 Å². The first kappa shape index (κ1) is 12.9. The third kappa shape index (κ3) is 2.66. The normalized spacial score (nSPS) is 16.6. The largest absolute Gasteiger partial charge is 0.399 e. The van der Waals surface area contributed by atoms with Crippen molar-refractivity contribution in [1.82, 2.24) is 4.90 Å². The van der Waals surface area contributed by atoms with E-state index in [0.29, 0.717) is 11.6 Å². The number of fused-ring (bicyclic) bond motifs is 1. The van der Waals surface area contributed by atoms with Gasteiger partial charge < -0.3 is 10.6 Å². The van der Waals surface area contributed by atoms with E-state index in [1.165, 1.54) is 12.8 Å². The van der Waals surface area contributed by atoms with Crippen LogP contribution in [0.2, 0.25) is 0 Å². The van der Waals surface area contributed by atoms with Gasteiger partial charge in [0, 0.05) is 24.3 Å². The Balaban J connectivity index is 2.12. The van der Waals surface area contributed by atoms with Gasteiger partial charge in [-0.25, -0.2) is 0 Å². The van der Waals surface area contributed by atoms with E-state index in [2.05, 4.69) is 13.8 Å². The van der Waals surface area contributed by atoms with Crippen molar-refractivity contribution in [2.45, 2.75) is 33.1 Å². The Hall–Kier alpha value is -1.51. The summed E-state index contributed by atoms with van der Waals surface area (Å²) in [5, 5.41) is 0. The van der Waals surface area contributed by atoms with E-state index < -0.39 is 0 Å². The lowest BCUT2D eigenvalue weighted by molar-refractivity contribution is 0.0713. The molecule has 18 heavy (non-hydrogen) atoms. The zero-order valence-electron chi connectivity index (χ0n) is 11.3. The third-order valence-electron chi connectivity index (χ3n) is 3.62. The van der Waals surface area contributed by atoms with Gasteiger partial charge >= 0.3 is 0 Å². The van der Waals surface area contributed by atoms with Crippen LogP contribution in [0, 0.1) is 5.92 Å². The number of nitrogens with two attached hydrogens (primary N) is 1. The molecule has 3 heteroatoms. The molecule has 1 unspecified atom stereocenters. The minimum Gasteiger partial charge on any atom is -0.399 e. The van der Waals surface area contributed by atoms with Crippen LogP contribution in [0.5, 0.6) is 0 Å². The molecule has 0 spiro atoms. The van der Waals surface area contributed by atoms with E-state index in [1.807, 2.05) is 23.1 Å². The molecule has 0 aliphatic carbocycles. The topological polar surface area (TPSA) is 46.3 Å². The predicted molar refractivity (Wildman–Crippen MR) is 74.5 cm³/mol. The van der Waals surface area contributed by atoms with Crippen molar-refractivity contribution >= 4 is 11.6 Å². The van der Waals surface area contributed by atoms with Gasteiger partial charge in [-0.05, 0) is 36.5 Å². The number of carbonyl (C=O) groups excluding carboxylic acids is 1. The summed E-state index contributed by atoms with van der Waals surface area (Å²) in [4.78, 5) is 14.4. The molecule has 0 saturated heterocycles. The van der Waals surface area contributed by atoms with E-state index in [9.17, 15) is 4.79 Å². The Kier molecular flexibility index (Phi) is 3.90. The number of nitrogen functional groups attached to an aromatic ring is 1. The fraction of sp³-hybridized carbons (Fsp3) is 0.533. The lowest BCUT2D eigenvalue weighted by atomic mass is 9.96. The number of hydrogen-bond donors (Lipinski definition) is 1. The Morgan fingerprint density at radius 3 is 2.94 bits per heavy atom. The number of benzene rings is 1. The number of rotatable bonds is 4. The predicted octanol–water partition coefficient (Wildman–Crippen LogP) is 2.70. The molecule has 98 valence electrons. The Bertz CT molecular complexity index is 442. The highest BCUT2D eigenvalue weighted by Gasteiger charge is 2.25. The summed E-state index contributed by atoms with van der Waals surface area (Å²) in [5.41, 5.74) is 8.37. The summed E-state index contributed by atoms with van der Waals surface area (Å²) < 4.78 is 0. The molecule has 1 aliphatic rings. The van der Waals surface area contributed by atoms with Crippen molar-refractivity contribution in [3.8, 4) is 0 Å². The van der Waals surface area contributed by atoms with Crippen LogP contribution in [0.3, 0.4) is 0 Å². The monoisotopic (exact) mass is 246 g/mol. The molecule has 1 atom stereocenters. The second kappa shape index (κ2) is 5.42. The first-order valence-electron chi connectivity index (χ1n) is 6.79. The van der Waals surface area contributed by atoms with Crippen LogP contribution in [0.15, 0.2) is 18.2 Å². The lowest BCUT2D eigenvalue weighted by Crippen LogP contribution is -2.40. The second-order valence-corrected chi connectivity index (χ2v) is 5.31. The molecule has 0 aromatic heterocycles. The van der Waals surface area contributed by atoms with Gasteiger partial charge in [-0.15, -0.1) is 0 Å². The van der Waals surface area contributed by atoms with Crippen LogP contribution >= 0.6 is 0 Å². The maximum atomic E-state index is 12.4. The quantitative estimate of drug-likeness (QED) is 0.830. The summed E-state index contributed by atoms with van der Waals surface area (Å²) in [5.74, 6) is 0.716. The highest BCUT2D eigenvalue weighted by atomic mass is 16.2. The Labute approximate surface area is 109 Å². The summed E-state index contributed by atoms with van der Waals surface area (Å²) in [7, 11) is 0. The van der Waals surface area contributed by atoms with Gasteiger partial charge in [-0.2, -0.15) is 0 Å². The van der Waals surface area contributed by atoms with Crippen LogP contribution in [-0.4, -0.2) is 23.9 Å². The number of nitrogens with zero attached hydrogens (tertiary/aromatic N) is 1. The Morgan fingerprint density at radius 1 is 1.44 bits per heavy atom.